The standard InChI is InChI=1S/C11H15N3O/c1-6-9-7(12)5-8(11(2,3)4)13-10(9)15-14-6/h5H,1-4H3,(H2,12,13). The fourth-order valence-electron chi connectivity index (χ4n) is 1.51. The maximum Gasteiger partial charge on any atom is 0.260 e. The average molecular weight is 205 g/mol. The van der Waals surface area contributed by atoms with Gasteiger partial charge >= 0.3 is 0 Å². The molecule has 4 nitrogen and oxygen atoms in total. The maximum atomic E-state index is 5.96. The third kappa shape index (κ3) is 1.56. The van der Waals surface area contributed by atoms with Crippen LogP contribution in [-0.2, 0) is 5.41 Å². The number of hydrogen-bond acceptors (Lipinski definition) is 4. The first-order valence-electron chi connectivity index (χ1n) is 4.92. The Kier molecular flexibility index (Phi) is 1.96. The summed E-state index contributed by atoms with van der Waals surface area (Å²) in [6, 6.07) is 1.90. The number of fused-ring (bicyclic) bond motifs is 1. The molecule has 0 aromatic carbocycles. The quantitative estimate of drug-likeness (QED) is 0.717. The lowest BCUT2D eigenvalue weighted by atomic mass is 9.91. The number of nitrogens with two attached hydrogens (primary N) is 1. The van der Waals surface area contributed by atoms with E-state index in [9.17, 15) is 0 Å². The topological polar surface area (TPSA) is 64.9 Å². The lowest BCUT2D eigenvalue weighted by molar-refractivity contribution is 0.439. The molecular formula is C11H15N3O. The van der Waals surface area contributed by atoms with Gasteiger partial charge in [0.15, 0.2) is 0 Å². The first-order chi connectivity index (χ1) is 6.89. The van der Waals surface area contributed by atoms with Crippen LogP contribution in [0.1, 0.15) is 32.2 Å². The van der Waals surface area contributed by atoms with Gasteiger partial charge in [0.1, 0.15) is 0 Å². The summed E-state index contributed by atoms with van der Waals surface area (Å²) < 4.78 is 5.12. The first-order valence-corrected chi connectivity index (χ1v) is 4.92. The zero-order valence-electron chi connectivity index (χ0n) is 9.46. The Morgan fingerprint density at radius 2 is 2.00 bits per heavy atom. The Balaban J connectivity index is 2.74. The fourth-order valence-corrected chi connectivity index (χ4v) is 1.51. The third-order valence-corrected chi connectivity index (χ3v) is 2.42. The molecule has 0 saturated heterocycles. The van der Waals surface area contributed by atoms with Gasteiger partial charge in [-0.25, -0.2) is 4.98 Å². The lowest BCUT2D eigenvalue weighted by Gasteiger charge is -2.17. The Morgan fingerprint density at radius 1 is 1.33 bits per heavy atom. The van der Waals surface area contributed by atoms with Crippen LogP contribution in [0.4, 0.5) is 5.69 Å². The van der Waals surface area contributed by atoms with E-state index >= 15 is 0 Å². The average Bonchev–Trinajstić information content (AvgIpc) is 2.46. The molecule has 0 unspecified atom stereocenters. The molecule has 2 aromatic rings. The maximum absolute atomic E-state index is 5.96. The zero-order chi connectivity index (χ0) is 11.2. The van der Waals surface area contributed by atoms with Crippen molar-refractivity contribution in [3.63, 3.8) is 0 Å². The molecule has 0 bridgehead atoms. The molecule has 0 atom stereocenters. The molecular weight excluding hydrogens is 190 g/mol. The third-order valence-electron chi connectivity index (χ3n) is 2.42. The van der Waals surface area contributed by atoms with Gasteiger partial charge in [0, 0.05) is 11.1 Å². The molecule has 0 radical (unpaired) electrons. The van der Waals surface area contributed by atoms with Crippen molar-refractivity contribution in [1.29, 1.82) is 0 Å². The predicted molar refractivity (Wildman–Crippen MR) is 59.7 cm³/mol. The number of rotatable bonds is 0. The highest BCUT2D eigenvalue weighted by Gasteiger charge is 2.19. The smallest absolute Gasteiger partial charge is 0.260 e. The Morgan fingerprint density at radius 3 is 2.60 bits per heavy atom. The number of aryl methyl sites for hydroxylation is 1. The van der Waals surface area contributed by atoms with E-state index in [4.69, 9.17) is 10.3 Å². The van der Waals surface area contributed by atoms with E-state index in [1.807, 2.05) is 13.0 Å². The van der Waals surface area contributed by atoms with Crippen molar-refractivity contribution in [2.45, 2.75) is 33.1 Å². The molecule has 2 heterocycles. The monoisotopic (exact) mass is 205 g/mol. The number of nitrogens with zero attached hydrogens (tertiary/aromatic N) is 2. The fraction of sp³-hybridized carbons (Fsp3) is 0.455. The van der Waals surface area contributed by atoms with Gasteiger partial charge < -0.3 is 10.3 Å². The van der Waals surface area contributed by atoms with Crippen molar-refractivity contribution >= 4 is 16.8 Å². The highest BCUT2D eigenvalue weighted by Crippen LogP contribution is 2.28. The summed E-state index contributed by atoms with van der Waals surface area (Å²) in [6.07, 6.45) is 0. The summed E-state index contributed by atoms with van der Waals surface area (Å²) in [5.41, 5.74) is 8.84. The van der Waals surface area contributed by atoms with Gasteiger partial charge in [0.25, 0.3) is 5.71 Å². The zero-order valence-corrected chi connectivity index (χ0v) is 9.46. The van der Waals surface area contributed by atoms with Gasteiger partial charge in [-0.05, 0) is 13.0 Å². The SMILES string of the molecule is Cc1noc2nc(C(C)(C)C)cc(N)c12. The minimum atomic E-state index is -0.0387. The largest absolute Gasteiger partial charge is 0.398 e. The van der Waals surface area contributed by atoms with Crippen LogP contribution in [-0.4, -0.2) is 10.1 Å². The molecule has 80 valence electrons. The molecule has 0 fully saturated rings. The van der Waals surface area contributed by atoms with Crippen molar-refractivity contribution < 1.29 is 4.52 Å². The normalized spacial score (nSPS) is 12.3. The summed E-state index contributed by atoms with van der Waals surface area (Å²) in [7, 11) is 0. The van der Waals surface area contributed by atoms with Crippen molar-refractivity contribution in [2.24, 2.45) is 0 Å². The summed E-state index contributed by atoms with van der Waals surface area (Å²) in [4.78, 5) is 4.42. The van der Waals surface area contributed by atoms with Gasteiger partial charge in [-0.15, -0.1) is 0 Å². The molecule has 2 N–H and O–H groups in total. The second-order valence-corrected chi connectivity index (χ2v) is 4.79. The van der Waals surface area contributed by atoms with Gasteiger partial charge in [0.05, 0.1) is 16.8 Å². The van der Waals surface area contributed by atoms with E-state index in [1.165, 1.54) is 0 Å². The van der Waals surface area contributed by atoms with Crippen molar-refractivity contribution in [3.05, 3.63) is 17.5 Å². The number of anilines is 1. The molecule has 2 aromatic heterocycles. The first kappa shape index (κ1) is 9.96. The van der Waals surface area contributed by atoms with Crippen LogP contribution in [0.15, 0.2) is 10.6 Å². The highest BCUT2D eigenvalue weighted by atomic mass is 16.5. The van der Waals surface area contributed by atoms with E-state index in [2.05, 4.69) is 30.9 Å². The Hall–Kier alpha value is -1.58. The van der Waals surface area contributed by atoms with Crippen molar-refractivity contribution in [3.8, 4) is 0 Å². The van der Waals surface area contributed by atoms with Gasteiger partial charge in [-0.2, -0.15) is 0 Å². The van der Waals surface area contributed by atoms with Crippen molar-refractivity contribution in [2.75, 3.05) is 5.73 Å². The number of hydrogen-bond donors (Lipinski definition) is 1. The van der Waals surface area contributed by atoms with Crippen LogP contribution in [0, 0.1) is 6.92 Å². The molecule has 0 saturated carbocycles. The predicted octanol–water partition coefficient (Wildman–Crippen LogP) is 2.41. The second-order valence-electron chi connectivity index (χ2n) is 4.79. The summed E-state index contributed by atoms with van der Waals surface area (Å²) in [6.45, 7) is 8.12. The highest BCUT2D eigenvalue weighted by molar-refractivity contribution is 5.88. The van der Waals surface area contributed by atoms with E-state index < -0.39 is 0 Å². The number of pyridine rings is 1. The number of aromatic nitrogens is 2. The molecule has 15 heavy (non-hydrogen) atoms. The molecule has 0 aliphatic rings. The summed E-state index contributed by atoms with van der Waals surface area (Å²) >= 11 is 0. The second kappa shape index (κ2) is 2.95. The molecule has 4 heteroatoms. The van der Waals surface area contributed by atoms with Gasteiger partial charge in [-0.1, -0.05) is 25.9 Å². The molecule has 0 spiro atoms. The molecule has 0 amide bonds. The van der Waals surface area contributed by atoms with Gasteiger partial charge in [-0.3, -0.25) is 0 Å². The molecule has 0 aliphatic carbocycles. The molecule has 2 rings (SSSR count). The Bertz CT molecular complexity index is 508. The van der Waals surface area contributed by atoms with Crippen LogP contribution in [0.3, 0.4) is 0 Å². The minimum Gasteiger partial charge on any atom is -0.398 e. The number of nitrogen functional groups attached to an aromatic ring is 1. The van der Waals surface area contributed by atoms with E-state index in [0.29, 0.717) is 11.4 Å². The van der Waals surface area contributed by atoms with Crippen LogP contribution < -0.4 is 5.73 Å². The van der Waals surface area contributed by atoms with E-state index in [-0.39, 0.29) is 5.41 Å². The van der Waals surface area contributed by atoms with Crippen LogP contribution in [0.2, 0.25) is 0 Å². The van der Waals surface area contributed by atoms with Crippen LogP contribution >= 0.6 is 0 Å². The van der Waals surface area contributed by atoms with Crippen LogP contribution in [0.25, 0.3) is 11.1 Å². The van der Waals surface area contributed by atoms with Gasteiger partial charge in [0.2, 0.25) is 0 Å². The van der Waals surface area contributed by atoms with Crippen molar-refractivity contribution in [1.82, 2.24) is 10.1 Å². The summed E-state index contributed by atoms with van der Waals surface area (Å²) in [5, 5.41) is 4.68. The van der Waals surface area contributed by atoms with E-state index in [1.54, 1.807) is 0 Å². The lowest BCUT2D eigenvalue weighted by Crippen LogP contribution is -2.13. The summed E-state index contributed by atoms with van der Waals surface area (Å²) in [5.74, 6) is 0. The Labute approximate surface area is 88.5 Å². The molecule has 0 aliphatic heterocycles. The minimum absolute atomic E-state index is 0.0387. The van der Waals surface area contributed by atoms with E-state index in [0.717, 1.165) is 16.8 Å². The van der Waals surface area contributed by atoms with Crippen LogP contribution in [0.5, 0.6) is 0 Å².